The minimum Gasteiger partial charge on any atom is -0.316 e. The summed E-state index contributed by atoms with van der Waals surface area (Å²) in [5.74, 6) is 0.0563. The summed E-state index contributed by atoms with van der Waals surface area (Å²) in [4.78, 5) is 11.9. The number of hydrogen-bond acceptors (Lipinski definition) is 4. The summed E-state index contributed by atoms with van der Waals surface area (Å²) in [7, 11) is -3.09. The van der Waals surface area contributed by atoms with E-state index in [1.54, 1.807) is 13.8 Å². The molecule has 1 unspecified atom stereocenters. The van der Waals surface area contributed by atoms with Gasteiger partial charge in [-0.3, -0.25) is 4.79 Å². The summed E-state index contributed by atoms with van der Waals surface area (Å²) in [5.41, 5.74) is -0.355. The van der Waals surface area contributed by atoms with Gasteiger partial charge in [-0.05, 0) is 26.8 Å². The van der Waals surface area contributed by atoms with Gasteiger partial charge < -0.3 is 5.32 Å². The summed E-state index contributed by atoms with van der Waals surface area (Å²) in [5, 5.41) is 2.75. The smallest absolute Gasteiger partial charge is 0.153 e. The third-order valence-electron chi connectivity index (χ3n) is 3.37. The lowest BCUT2D eigenvalue weighted by Gasteiger charge is -2.20. The van der Waals surface area contributed by atoms with Crippen molar-refractivity contribution in [1.82, 2.24) is 5.32 Å². The van der Waals surface area contributed by atoms with Gasteiger partial charge in [0, 0.05) is 18.4 Å². The highest BCUT2D eigenvalue weighted by Crippen LogP contribution is 2.27. The van der Waals surface area contributed by atoms with Gasteiger partial charge >= 0.3 is 0 Å². The highest BCUT2D eigenvalue weighted by atomic mass is 32.2. The molecule has 4 nitrogen and oxygen atoms in total. The molecule has 16 heavy (non-hydrogen) atoms. The number of sulfone groups is 1. The average Bonchev–Trinajstić information content (AvgIpc) is 2.62. The first-order chi connectivity index (χ1) is 7.28. The zero-order valence-corrected chi connectivity index (χ0v) is 11.1. The molecule has 0 saturated carbocycles. The van der Waals surface area contributed by atoms with Crippen LogP contribution in [0, 0.1) is 5.41 Å². The first kappa shape index (κ1) is 13.6. The Kier molecular flexibility index (Phi) is 4.12. The van der Waals surface area contributed by atoms with Crippen LogP contribution in [0.5, 0.6) is 0 Å². The lowest BCUT2D eigenvalue weighted by atomic mass is 9.84. The number of nitrogens with one attached hydrogen (secondary N) is 1. The molecule has 0 aromatic carbocycles. The van der Waals surface area contributed by atoms with Gasteiger partial charge in [0.05, 0.1) is 11.0 Å². The minimum atomic E-state index is -3.09. The molecule has 1 aliphatic heterocycles. The summed E-state index contributed by atoms with van der Waals surface area (Å²) in [6.07, 6.45) is 0.965. The Bertz CT molecular complexity index is 353. The normalized spacial score (nSPS) is 26.2. The van der Waals surface area contributed by atoms with Crippen molar-refractivity contribution in [3.05, 3.63) is 0 Å². The SMILES string of the molecule is CC(C)S(=O)(=O)CCC(=O)C1(C)CCNC1. The Morgan fingerprint density at radius 3 is 2.50 bits per heavy atom. The number of Topliss-reactive ketones (excluding diaryl/α,β-unsaturated/α-hetero) is 1. The molecule has 0 spiro atoms. The van der Waals surface area contributed by atoms with Gasteiger partial charge in [0.25, 0.3) is 0 Å². The molecule has 1 rings (SSSR count). The number of ketones is 1. The molecule has 0 amide bonds. The van der Waals surface area contributed by atoms with Gasteiger partial charge in [-0.15, -0.1) is 0 Å². The molecule has 1 aliphatic rings. The van der Waals surface area contributed by atoms with Gasteiger partial charge in [0.2, 0.25) is 0 Å². The van der Waals surface area contributed by atoms with Gasteiger partial charge in [-0.1, -0.05) is 6.92 Å². The molecule has 5 heteroatoms. The van der Waals surface area contributed by atoms with Crippen molar-refractivity contribution < 1.29 is 13.2 Å². The van der Waals surface area contributed by atoms with Crippen LogP contribution in [0.3, 0.4) is 0 Å². The summed E-state index contributed by atoms with van der Waals surface area (Å²) < 4.78 is 23.2. The molecular formula is C11H21NO3S. The summed E-state index contributed by atoms with van der Waals surface area (Å²) in [6, 6.07) is 0. The molecule has 0 bridgehead atoms. The Balaban J connectivity index is 2.53. The van der Waals surface area contributed by atoms with E-state index >= 15 is 0 Å². The van der Waals surface area contributed by atoms with E-state index < -0.39 is 15.1 Å². The number of hydrogen-bond donors (Lipinski definition) is 1. The molecule has 1 atom stereocenters. The number of carbonyl (C=O) groups is 1. The van der Waals surface area contributed by atoms with Crippen LogP contribution in [-0.2, 0) is 14.6 Å². The highest BCUT2D eigenvalue weighted by Gasteiger charge is 2.36. The van der Waals surface area contributed by atoms with Crippen molar-refractivity contribution in [3.63, 3.8) is 0 Å². The van der Waals surface area contributed by atoms with Gasteiger partial charge in [0.15, 0.2) is 9.84 Å². The summed E-state index contributed by atoms with van der Waals surface area (Å²) >= 11 is 0. The third kappa shape index (κ3) is 3.04. The van der Waals surface area contributed by atoms with Crippen LogP contribution in [0.15, 0.2) is 0 Å². The fraction of sp³-hybridized carbons (Fsp3) is 0.909. The second kappa shape index (κ2) is 4.84. The molecule has 1 N–H and O–H groups in total. The third-order valence-corrected chi connectivity index (χ3v) is 5.58. The quantitative estimate of drug-likeness (QED) is 0.779. The van der Waals surface area contributed by atoms with Gasteiger partial charge in [-0.25, -0.2) is 8.42 Å². The minimum absolute atomic E-state index is 0.0148. The Hall–Kier alpha value is -0.420. The fourth-order valence-corrected chi connectivity index (χ4v) is 2.77. The second-order valence-corrected chi connectivity index (χ2v) is 7.75. The lowest BCUT2D eigenvalue weighted by molar-refractivity contribution is -0.126. The Morgan fingerprint density at radius 1 is 1.44 bits per heavy atom. The van der Waals surface area contributed by atoms with E-state index in [0.717, 1.165) is 13.0 Å². The lowest BCUT2D eigenvalue weighted by Crippen LogP contribution is -2.32. The van der Waals surface area contributed by atoms with Crippen LogP contribution in [0.2, 0.25) is 0 Å². The summed E-state index contributed by atoms with van der Waals surface area (Å²) in [6.45, 7) is 6.74. The Morgan fingerprint density at radius 2 is 2.06 bits per heavy atom. The first-order valence-corrected chi connectivity index (χ1v) is 7.45. The monoisotopic (exact) mass is 247 g/mol. The topological polar surface area (TPSA) is 63.2 Å². The van der Waals surface area contributed by atoms with E-state index in [1.807, 2.05) is 6.92 Å². The van der Waals surface area contributed by atoms with E-state index in [4.69, 9.17) is 0 Å². The maximum absolute atomic E-state index is 11.9. The number of rotatable bonds is 5. The van der Waals surface area contributed by atoms with E-state index in [9.17, 15) is 13.2 Å². The average molecular weight is 247 g/mol. The van der Waals surface area contributed by atoms with Gasteiger partial charge in [0.1, 0.15) is 5.78 Å². The van der Waals surface area contributed by atoms with Crippen LogP contribution in [0.1, 0.15) is 33.6 Å². The Labute approximate surface area is 97.7 Å². The molecule has 1 fully saturated rings. The van der Waals surface area contributed by atoms with Crippen molar-refractivity contribution in [1.29, 1.82) is 0 Å². The van der Waals surface area contributed by atoms with Crippen molar-refractivity contribution in [2.45, 2.75) is 38.9 Å². The molecule has 1 heterocycles. The zero-order valence-electron chi connectivity index (χ0n) is 10.2. The second-order valence-electron chi connectivity index (χ2n) is 5.08. The van der Waals surface area contributed by atoms with Crippen LogP contribution in [0.4, 0.5) is 0 Å². The van der Waals surface area contributed by atoms with E-state index in [2.05, 4.69) is 5.32 Å². The number of carbonyl (C=O) groups excluding carboxylic acids is 1. The molecule has 0 aliphatic carbocycles. The first-order valence-electron chi connectivity index (χ1n) is 5.73. The van der Waals surface area contributed by atoms with E-state index in [1.165, 1.54) is 0 Å². The van der Waals surface area contributed by atoms with E-state index in [-0.39, 0.29) is 23.4 Å². The molecule has 0 radical (unpaired) electrons. The van der Waals surface area contributed by atoms with Crippen LogP contribution >= 0.6 is 0 Å². The van der Waals surface area contributed by atoms with Crippen molar-refractivity contribution >= 4 is 15.6 Å². The molecule has 0 aromatic rings. The van der Waals surface area contributed by atoms with Crippen molar-refractivity contribution in [3.8, 4) is 0 Å². The van der Waals surface area contributed by atoms with E-state index in [0.29, 0.717) is 6.54 Å². The maximum Gasteiger partial charge on any atom is 0.153 e. The zero-order chi connectivity index (χ0) is 12.4. The van der Waals surface area contributed by atoms with Crippen LogP contribution in [0.25, 0.3) is 0 Å². The standard InChI is InChI=1S/C11H21NO3S/c1-9(2)16(14,15)7-4-10(13)11(3)5-6-12-8-11/h9,12H,4-8H2,1-3H3. The van der Waals surface area contributed by atoms with Gasteiger partial charge in [-0.2, -0.15) is 0 Å². The largest absolute Gasteiger partial charge is 0.316 e. The van der Waals surface area contributed by atoms with Crippen LogP contribution < -0.4 is 5.32 Å². The highest BCUT2D eigenvalue weighted by molar-refractivity contribution is 7.91. The van der Waals surface area contributed by atoms with Crippen molar-refractivity contribution in [2.24, 2.45) is 5.41 Å². The molecule has 1 saturated heterocycles. The van der Waals surface area contributed by atoms with Crippen molar-refractivity contribution in [2.75, 3.05) is 18.8 Å². The molecular weight excluding hydrogens is 226 g/mol. The predicted molar refractivity (Wildman–Crippen MR) is 64.1 cm³/mol. The predicted octanol–water partition coefficient (Wildman–Crippen LogP) is 0.768. The molecule has 94 valence electrons. The van der Waals surface area contributed by atoms with Crippen LogP contribution in [-0.4, -0.2) is 38.3 Å². The fourth-order valence-electron chi connectivity index (χ4n) is 1.83. The molecule has 0 aromatic heterocycles. The maximum atomic E-state index is 11.9.